The Bertz CT molecular complexity index is 706. The lowest BCUT2D eigenvalue weighted by Gasteiger charge is -2.10. The Morgan fingerprint density at radius 1 is 1.10 bits per heavy atom. The lowest BCUT2D eigenvalue weighted by molar-refractivity contribution is 0.0698. The van der Waals surface area contributed by atoms with Crippen molar-refractivity contribution in [1.82, 2.24) is 0 Å². The monoisotopic (exact) mass is 368 g/mol. The zero-order valence-electron chi connectivity index (χ0n) is 10.6. The van der Waals surface area contributed by atoms with Crippen molar-refractivity contribution >= 4 is 50.9 Å². The molecule has 0 saturated heterocycles. The van der Waals surface area contributed by atoms with Crippen LogP contribution in [0.15, 0.2) is 46.9 Å². The molecule has 7 heteroatoms. The minimum absolute atomic E-state index is 0.0185. The molecule has 0 bridgehead atoms. The standard InChI is InChI=1S/C14H10BrClN2O3/c15-10-7-8(5-6-11(10)16)17-14(21)18-12-4-2-1-3-9(12)13(19)20/h1-7H,(H,19,20)(H2,17,18,21). The fraction of sp³-hybridized carbons (Fsp3) is 0. The summed E-state index contributed by atoms with van der Waals surface area (Å²) in [6.07, 6.45) is 0. The molecule has 0 spiro atoms. The van der Waals surface area contributed by atoms with E-state index in [1.54, 1.807) is 30.3 Å². The SMILES string of the molecule is O=C(Nc1ccc(Cl)c(Br)c1)Nc1ccccc1C(=O)O. The van der Waals surface area contributed by atoms with Crippen LogP contribution < -0.4 is 10.6 Å². The topological polar surface area (TPSA) is 78.4 Å². The number of carboxylic acids is 1. The van der Waals surface area contributed by atoms with Gasteiger partial charge in [0, 0.05) is 10.2 Å². The fourth-order valence-electron chi connectivity index (χ4n) is 1.64. The summed E-state index contributed by atoms with van der Waals surface area (Å²) in [4.78, 5) is 22.9. The van der Waals surface area contributed by atoms with Crippen LogP contribution in [0.2, 0.25) is 5.02 Å². The molecule has 0 aromatic heterocycles. The summed E-state index contributed by atoms with van der Waals surface area (Å²) in [5, 5.41) is 14.7. The highest BCUT2D eigenvalue weighted by molar-refractivity contribution is 9.10. The number of para-hydroxylation sites is 1. The molecule has 0 unspecified atom stereocenters. The highest BCUT2D eigenvalue weighted by Crippen LogP contribution is 2.25. The van der Waals surface area contributed by atoms with Gasteiger partial charge in [0.25, 0.3) is 0 Å². The summed E-state index contributed by atoms with van der Waals surface area (Å²) >= 11 is 9.11. The van der Waals surface area contributed by atoms with E-state index in [0.29, 0.717) is 15.2 Å². The van der Waals surface area contributed by atoms with Gasteiger partial charge in [-0.25, -0.2) is 9.59 Å². The number of aromatic carboxylic acids is 1. The second kappa shape index (κ2) is 6.60. The molecule has 0 aliphatic rings. The first-order chi connectivity index (χ1) is 9.97. The van der Waals surface area contributed by atoms with E-state index in [0.717, 1.165) is 0 Å². The van der Waals surface area contributed by atoms with Crippen molar-refractivity contribution in [1.29, 1.82) is 0 Å². The Morgan fingerprint density at radius 3 is 2.48 bits per heavy atom. The van der Waals surface area contributed by atoms with Crippen LogP contribution in [-0.2, 0) is 0 Å². The average Bonchev–Trinajstić information content (AvgIpc) is 2.43. The van der Waals surface area contributed by atoms with Crippen LogP contribution in [0.25, 0.3) is 0 Å². The van der Waals surface area contributed by atoms with Gasteiger partial charge in [0.2, 0.25) is 0 Å². The molecule has 0 saturated carbocycles. The third-order valence-corrected chi connectivity index (χ3v) is 3.80. The van der Waals surface area contributed by atoms with Gasteiger partial charge in [-0.1, -0.05) is 23.7 Å². The fourth-order valence-corrected chi connectivity index (χ4v) is 2.13. The lowest BCUT2D eigenvalue weighted by atomic mass is 10.2. The maximum atomic E-state index is 11.9. The van der Waals surface area contributed by atoms with Gasteiger partial charge in [0.1, 0.15) is 0 Å². The molecule has 0 radical (unpaired) electrons. The molecule has 2 amide bonds. The van der Waals surface area contributed by atoms with Crippen molar-refractivity contribution in [2.45, 2.75) is 0 Å². The number of carboxylic acid groups (broad SMARTS) is 1. The number of carbonyl (C=O) groups excluding carboxylic acids is 1. The summed E-state index contributed by atoms with van der Waals surface area (Å²) in [6.45, 7) is 0. The van der Waals surface area contributed by atoms with Gasteiger partial charge in [-0.05, 0) is 46.3 Å². The van der Waals surface area contributed by atoms with Crippen LogP contribution in [-0.4, -0.2) is 17.1 Å². The van der Waals surface area contributed by atoms with Gasteiger partial charge < -0.3 is 15.7 Å². The summed E-state index contributed by atoms with van der Waals surface area (Å²) in [5.41, 5.74) is 0.761. The quantitative estimate of drug-likeness (QED) is 0.748. The van der Waals surface area contributed by atoms with Crippen molar-refractivity contribution in [3.05, 3.63) is 57.5 Å². The number of amides is 2. The first-order valence-electron chi connectivity index (χ1n) is 5.83. The number of nitrogens with one attached hydrogen (secondary N) is 2. The first kappa shape index (κ1) is 15.3. The molecular weight excluding hydrogens is 360 g/mol. The normalized spacial score (nSPS) is 10.0. The van der Waals surface area contributed by atoms with Gasteiger partial charge >= 0.3 is 12.0 Å². The molecule has 0 fully saturated rings. The van der Waals surface area contributed by atoms with E-state index in [2.05, 4.69) is 26.6 Å². The smallest absolute Gasteiger partial charge is 0.337 e. The second-order valence-corrected chi connectivity index (χ2v) is 5.32. The highest BCUT2D eigenvalue weighted by atomic mass is 79.9. The number of carbonyl (C=O) groups is 2. The van der Waals surface area contributed by atoms with Gasteiger partial charge in [-0.15, -0.1) is 0 Å². The Kier molecular flexibility index (Phi) is 4.82. The molecule has 108 valence electrons. The lowest BCUT2D eigenvalue weighted by Crippen LogP contribution is -2.20. The Labute approximate surface area is 134 Å². The number of rotatable bonds is 3. The molecule has 0 aliphatic carbocycles. The summed E-state index contributed by atoms with van der Waals surface area (Å²) in [7, 11) is 0. The van der Waals surface area contributed by atoms with Crippen molar-refractivity contribution in [3.63, 3.8) is 0 Å². The number of hydrogen-bond donors (Lipinski definition) is 3. The zero-order chi connectivity index (χ0) is 15.4. The van der Waals surface area contributed by atoms with Gasteiger partial charge in [-0.3, -0.25) is 0 Å². The first-order valence-corrected chi connectivity index (χ1v) is 7.00. The largest absolute Gasteiger partial charge is 0.478 e. The van der Waals surface area contributed by atoms with Crippen LogP contribution in [0.3, 0.4) is 0 Å². The van der Waals surface area contributed by atoms with E-state index in [1.807, 2.05) is 0 Å². The highest BCUT2D eigenvalue weighted by Gasteiger charge is 2.11. The van der Waals surface area contributed by atoms with Crippen LogP contribution in [0, 0.1) is 0 Å². The van der Waals surface area contributed by atoms with Crippen molar-refractivity contribution in [2.24, 2.45) is 0 Å². The predicted molar refractivity (Wildman–Crippen MR) is 85.2 cm³/mol. The zero-order valence-corrected chi connectivity index (χ0v) is 12.9. The molecule has 3 N–H and O–H groups in total. The maximum absolute atomic E-state index is 11.9. The van der Waals surface area contributed by atoms with E-state index >= 15 is 0 Å². The van der Waals surface area contributed by atoms with Crippen LogP contribution in [0.5, 0.6) is 0 Å². The number of urea groups is 1. The van der Waals surface area contributed by atoms with Crippen LogP contribution in [0.1, 0.15) is 10.4 Å². The van der Waals surface area contributed by atoms with E-state index < -0.39 is 12.0 Å². The van der Waals surface area contributed by atoms with Gasteiger partial charge in [0.05, 0.1) is 16.3 Å². The van der Waals surface area contributed by atoms with Crippen molar-refractivity contribution in [2.75, 3.05) is 10.6 Å². The molecule has 2 rings (SSSR count). The number of benzene rings is 2. The second-order valence-electron chi connectivity index (χ2n) is 4.06. The van der Waals surface area contributed by atoms with E-state index in [9.17, 15) is 9.59 Å². The summed E-state index contributed by atoms with van der Waals surface area (Å²) in [5.74, 6) is -1.11. The van der Waals surface area contributed by atoms with Crippen LogP contribution >= 0.6 is 27.5 Å². The predicted octanol–water partition coefficient (Wildman–Crippen LogP) is 4.44. The molecule has 0 atom stereocenters. The number of hydrogen-bond acceptors (Lipinski definition) is 2. The molecule has 21 heavy (non-hydrogen) atoms. The van der Waals surface area contributed by atoms with Crippen molar-refractivity contribution < 1.29 is 14.7 Å². The summed E-state index contributed by atoms with van der Waals surface area (Å²) < 4.78 is 0.646. The Balaban J connectivity index is 2.12. The summed E-state index contributed by atoms with van der Waals surface area (Å²) in [6, 6.07) is 10.5. The Morgan fingerprint density at radius 2 is 1.81 bits per heavy atom. The van der Waals surface area contributed by atoms with Gasteiger partial charge in [-0.2, -0.15) is 0 Å². The number of halogens is 2. The minimum Gasteiger partial charge on any atom is -0.478 e. The van der Waals surface area contributed by atoms with E-state index in [-0.39, 0.29) is 11.3 Å². The minimum atomic E-state index is -1.11. The third-order valence-electron chi connectivity index (χ3n) is 2.58. The maximum Gasteiger partial charge on any atom is 0.337 e. The molecule has 5 nitrogen and oxygen atoms in total. The molecule has 2 aromatic carbocycles. The van der Waals surface area contributed by atoms with Crippen molar-refractivity contribution in [3.8, 4) is 0 Å². The molecular formula is C14H10BrClN2O3. The third kappa shape index (κ3) is 3.96. The number of anilines is 2. The van der Waals surface area contributed by atoms with E-state index in [1.165, 1.54) is 12.1 Å². The van der Waals surface area contributed by atoms with Gasteiger partial charge in [0.15, 0.2) is 0 Å². The van der Waals surface area contributed by atoms with Crippen LogP contribution in [0.4, 0.5) is 16.2 Å². The van der Waals surface area contributed by atoms with E-state index in [4.69, 9.17) is 16.7 Å². The molecule has 0 aliphatic heterocycles. The Hall–Kier alpha value is -2.05. The average molecular weight is 370 g/mol. The molecule has 0 heterocycles. The molecule has 2 aromatic rings.